The second-order valence-corrected chi connectivity index (χ2v) is 9.37. The summed E-state index contributed by atoms with van der Waals surface area (Å²) in [6, 6.07) is 10.1. The average molecular weight is 474 g/mol. The van der Waals surface area contributed by atoms with E-state index in [4.69, 9.17) is 0 Å². The number of aliphatic hydroxyl groups excluding tert-OH is 1. The van der Waals surface area contributed by atoms with Gasteiger partial charge in [-0.25, -0.2) is 12.8 Å². The van der Waals surface area contributed by atoms with E-state index in [1.807, 2.05) is 0 Å². The van der Waals surface area contributed by atoms with Gasteiger partial charge in [0, 0.05) is 11.3 Å². The van der Waals surface area contributed by atoms with Crippen LogP contribution in [-0.4, -0.2) is 31.3 Å². The molecule has 0 unspecified atom stereocenters. The second-order valence-electron chi connectivity index (χ2n) is 7.34. The Balaban J connectivity index is 0.00000225. The number of anilines is 1. The quantitative estimate of drug-likeness (QED) is 0.689. The van der Waals surface area contributed by atoms with Crippen molar-refractivity contribution in [2.24, 2.45) is 5.92 Å². The van der Waals surface area contributed by atoms with E-state index in [0.29, 0.717) is 24.1 Å². The SMILES string of the molecule is Cc1cc(NC(=O)c2cccc(S(=O)(=O)C[C@H]3CCCC[C@@H]3O)c2)ccc1F.S.S. The van der Waals surface area contributed by atoms with Gasteiger partial charge >= 0.3 is 0 Å². The molecule has 1 aliphatic rings. The van der Waals surface area contributed by atoms with E-state index in [1.54, 1.807) is 6.92 Å². The van der Waals surface area contributed by atoms with Gasteiger partial charge in [0.1, 0.15) is 5.82 Å². The van der Waals surface area contributed by atoms with Gasteiger partial charge in [-0.05, 0) is 67.6 Å². The van der Waals surface area contributed by atoms with Crippen LogP contribution >= 0.6 is 27.0 Å². The molecule has 1 fully saturated rings. The molecule has 0 aliphatic heterocycles. The summed E-state index contributed by atoms with van der Waals surface area (Å²) in [6.45, 7) is 1.60. The van der Waals surface area contributed by atoms with E-state index in [9.17, 15) is 22.7 Å². The summed E-state index contributed by atoms with van der Waals surface area (Å²) >= 11 is 0. The van der Waals surface area contributed by atoms with Crippen molar-refractivity contribution in [2.45, 2.75) is 43.6 Å². The highest BCUT2D eigenvalue weighted by molar-refractivity contribution is 7.91. The predicted molar refractivity (Wildman–Crippen MR) is 126 cm³/mol. The molecule has 1 amide bonds. The fraction of sp³-hybridized carbons (Fsp3) is 0.381. The topological polar surface area (TPSA) is 83.5 Å². The van der Waals surface area contributed by atoms with E-state index in [2.05, 4.69) is 5.32 Å². The molecule has 2 N–H and O–H groups in total. The minimum Gasteiger partial charge on any atom is -0.393 e. The van der Waals surface area contributed by atoms with Crippen molar-refractivity contribution < 1.29 is 22.7 Å². The van der Waals surface area contributed by atoms with Gasteiger partial charge in [-0.2, -0.15) is 27.0 Å². The molecule has 1 saturated carbocycles. The van der Waals surface area contributed by atoms with E-state index >= 15 is 0 Å². The zero-order valence-corrected chi connectivity index (χ0v) is 19.5. The number of aryl methyl sites for hydroxylation is 1. The summed E-state index contributed by atoms with van der Waals surface area (Å²) < 4.78 is 38.9. The molecule has 166 valence electrons. The number of hydrogen-bond donors (Lipinski definition) is 2. The molecule has 0 spiro atoms. The van der Waals surface area contributed by atoms with Crippen molar-refractivity contribution in [1.29, 1.82) is 0 Å². The van der Waals surface area contributed by atoms with Gasteiger partial charge in [-0.15, -0.1) is 0 Å². The Morgan fingerprint density at radius 2 is 1.83 bits per heavy atom. The molecular formula is C21H28FNO4S3. The van der Waals surface area contributed by atoms with Crippen molar-refractivity contribution in [2.75, 3.05) is 11.1 Å². The highest BCUT2D eigenvalue weighted by Gasteiger charge is 2.29. The van der Waals surface area contributed by atoms with Crippen molar-refractivity contribution in [3.63, 3.8) is 0 Å². The van der Waals surface area contributed by atoms with E-state index in [-0.39, 0.29) is 54.9 Å². The Morgan fingerprint density at radius 1 is 1.13 bits per heavy atom. The van der Waals surface area contributed by atoms with Crippen LogP contribution in [0.2, 0.25) is 0 Å². The van der Waals surface area contributed by atoms with Crippen LogP contribution in [0, 0.1) is 18.7 Å². The number of rotatable bonds is 5. The van der Waals surface area contributed by atoms with Crippen molar-refractivity contribution in [3.8, 4) is 0 Å². The fourth-order valence-corrected chi connectivity index (χ4v) is 5.25. The fourth-order valence-electron chi connectivity index (χ4n) is 3.52. The van der Waals surface area contributed by atoms with Gasteiger partial charge in [-0.1, -0.05) is 18.9 Å². The molecule has 2 aromatic rings. The van der Waals surface area contributed by atoms with Crippen LogP contribution in [0.5, 0.6) is 0 Å². The van der Waals surface area contributed by atoms with Gasteiger partial charge < -0.3 is 10.4 Å². The van der Waals surface area contributed by atoms with Crippen LogP contribution in [0.25, 0.3) is 0 Å². The maximum Gasteiger partial charge on any atom is 0.255 e. The zero-order valence-electron chi connectivity index (χ0n) is 16.7. The maximum absolute atomic E-state index is 13.4. The lowest BCUT2D eigenvalue weighted by atomic mass is 9.88. The minimum absolute atomic E-state index is 0. The van der Waals surface area contributed by atoms with Crippen LogP contribution in [0.1, 0.15) is 41.6 Å². The van der Waals surface area contributed by atoms with Gasteiger partial charge in [0.15, 0.2) is 9.84 Å². The Bertz CT molecular complexity index is 982. The Kier molecular flexibility index (Phi) is 9.87. The van der Waals surface area contributed by atoms with Crippen LogP contribution < -0.4 is 5.32 Å². The van der Waals surface area contributed by atoms with Crippen LogP contribution in [0.15, 0.2) is 47.4 Å². The van der Waals surface area contributed by atoms with E-state index < -0.39 is 21.8 Å². The van der Waals surface area contributed by atoms with Gasteiger partial charge in [0.2, 0.25) is 0 Å². The number of hydrogen-bond acceptors (Lipinski definition) is 4. The summed E-state index contributed by atoms with van der Waals surface area (Å²) in [4.78, 5) is 12.6. The Labute approximate surface area is 190 Å². The molecule has 0 radical (unpaired) electrons. The number of halogens is 1. The third-order valence-electron chi connectivity index (χ3n) is 5.17. The van der Waals surface area contributed by atoms with Gasteiger partial charge in [-0.3, -0.25) is 4.79 Å². The number of carbonyl (C=O) groups excluding carboxylic acids is 1. The number of nitrogens with one attached hydrogen (secondary N) is 1. The van der Waals surface area contributed by atoms with Crippen LogP contribution in [0.4, 0.5) is 10.1 Å². The van der Waals surface area contributed by atoms with Crippen molar-refractivity contribution in [1.82, 2.24) is 0 Å². The summed E-state index contributed by atoms with van der Waals surface area (Å²) in [5.74, 6) is -1.24. The Morgan fingerprint density at radius 3 is 2.50 bits per heavy atom. The van der Waals surface area contributed by atoms with E-state index in [1.165, 1.54) is 42.5 Å². The van der Waals surface area contributed by atoms with Crippen LogP contribution in [-0.2, 0) is 9.84 Å². The zero-order chi connectivity index (χ0) is 20.3. The number of carbonyl (C=O) groups is 1. The standard InChI is InChI=1S/C21H24FNO4S.2H2S/c1-14-11-17(9-10-19(14)22)23-21(25)15-6-4-7-18(12-15)28(26,27)13-16-5-2-3-8-20(16)24;;/h4,6-7,9-12,16,20,24H,2-3,5,8,13H2,1H3,(H,23,25);2*1H2/t16-,20+;;/m1../s1. The molecular weight excluding hydrogens is 445 g/mol. The lowest BCUT2D eigenvalue weighted by Gasteiger charge is -2.27. The normalized spacial score (nSPS) is 18.6. The number of amides is 1. The molecule has 0 saturated heterocycles. The summed E-state index contributed by atoms with van der Waals surface area (Å²) in [5.41, 5.74) is 1.04. The smallest absolute Gasteiger partial charge is 0.255 e. The lowest BCUT2D eigenvalue weighted by Crippen LogP contribution is -2.30. The van der Waals surface area contributed by atoms with E-state index in [0.717, 1.165) is 12.8 Å². The highest BCUT2D eigenvalue weighted by atomic mass is 32.2. The van der Waals surface area contributed by atoms with Crippen molar-refractivity contribution >= 4 is 48.4 Å². The molecule has 3 rings (SSSR count). The number of sulfone groups is 1. The molecule has 30 heavy (non-hydrogen) atoms. The van der Waals surface area contributed by atoms with Gasteiger partial charge in [0.25, 0.3) is 5.91 Å². The molecule has 2 aromatic carbocycles. The molecule has 0 heterocycles. The van der Waals surface area contributed by atoms with Crippen molar-refractivity contribution in [3.05, 3.63) is 59.4 Å². The predicted octanol–water partition coefficient (Wildman–Crippen LogP) is 3.94. The average Bonchev–Trinajstić information content (AvgIpc) is 2.66. The molecule has 9 heteroatoms. The van der Waals surface area contributed by atoms with Crippen LogP contribution in [0.3, 0.4) is 0 Å². The highest BCUT2D eigenvalue weighted by Crippen LogP contribution is 2.28. The number of aliphatic hydroxyl groups is 1. The first-order valence-corrected chi connectivity index (χ1v) is 11.0. The summed E-state index contributed by atoms with van der Waals surface area (Å²) in [7, 11) is -3.62. The third-order valence-corrected chi connectivity index (χ3v) is 7.01. The summed E-state index contributed by atoms with van der Waals surface area (Å²) in [6.07, 6.45) is 2.54. The number of benzene rings is 2. The molecule has 0 aromatic heterocycles. The monoisotopic (exact) mass is 473 g/mol. The largest absolute Gasteiger partial charge is 0.393 e. The first kappa shape index (κ1) is 26.5. The lowest BCUT2D eigenvalue weighted by molar-refractivity contribution is 0.0807. The maximum atomic E-state index is 13.4. The first-order valence-electron chi connectivity index (χ1n) is 9.34. The third kappa shape index (κ3) is 6.47. The second kappa shape index (κ2) is 11.2. The van der Waals surface area contributed by atoms with Gasteiger partial charge in [0.05, 0.1) is 16.8 Å². The first-order chi connectivity index (χ1) is 13.3. The minimum atomic E-state index is -3.62. The Hall–Kier alpha value is -1.55. The molecule has 1 aliphatic carbocycles. The summed E-state index contributed by atoms with van der Waals surface area (Å²) in [5, 5.41) is 12.7. The molecule has 0 bridgehead atoms. The molecule has 5 nitrogen and oxygen atoms in total. The molecule has 2 atom stereocenters.